The van der Waals surface area contributed by atoms with E-state index in [0.29, 0.717) is 17.3 Å². The molecule has 0 spiro atoms. The molecule has 6 nitrogen and oxygen atoms in total. The van der Waals surface area contributed by atoms with Gasteiger partial charge in [-0.3, -0.25) is 9.59 Å². The van der Waals surface area contributed by atoms with E-state index in [9.17, 15) is 9.59 Å². The number of nitrogens with one attached hydrogen (secondary N) is 2. The lowest BCUT2D eigenvalue weighted by Gasteiger charge is -2.16. The number of hydrogen-bond donors (Lipinski definition) is 2. The van der Waals surface area contributed by atoms with Crippen molar-refractivity contribution in [2.75, 3.05) is 10.6 Å². The smallest absolute Gasteiger partial charge is 0.248 e. The Morgan fingerprint density at radius 3 is 2.35 bits per heavy atom. The third kappa shape index (κ3) is 6.46. The van der Waals surface area contributed by atoms with Gasteiger partial charge in [0.15, 0.2) is 5.82 Å². The molecule has 170 valence electrons. The number of nitrogens with zero attached hydrogens (tertiary/aromatic N) is 1. The van der Waals surface area contributed by atoms with Gasteiger partial charge >= 0.3 is 0 Å². The molecule has 7 heteroatoms. The maximum Gasteiger partial charge on any atom is 0.248 e. The third-order valence-electron chi connectivity index (χ3n) is 4.80. The average Bonchev–Trinajstić information content (AvgIpc) is 3.27. The molecule has 1 unspecified atom stereocenters. The van der Waals surface area contributed by atoms with Crippen molar-refractivity contribution in [2.24, 2.45) is 0 Å². The van der Waals surface area contributed by atoms with Crippen LogP contribution in [-0.2, 0) is 9.59 Å². The Balaban J connectivity index is 1.48. The Kier molecular flexibility index (Phi) is 7.57. The van der Waals surface area contributed by atoms with Crippen molar-refractivity contribution >= 4 is 41.2 Å². The molecule has 1 heterocycles. The summed E-state index contributed by atoms with van der Waals surface area (Å²) in [6, 6.07) is 28.2. The minimum atomic E-state index is -0.526. The molecule has 0 bridgehead atoms. The van der Waals surface area contributed by atoms with Crippen molar-refractivity contribution < 1.29 is 14.1 Å². The first kappa shape index (κ1) is 23.1. The lowest BCUT2D eigenvalue weighted by atomic mass is 10.1. The van der Waals surface area contributed by atoms with Crippen molar-refractivity contribution in [2.45, 2.75) is 17.1 Å². The SMILES string of the molecule is Cc1cc(NC(=O)C(Sc2cccc(NC(=O)/C=C/c3ccccc3)c2)c2ccccc2)no1. The average molecular weight is 470 g/mol. The molecule has 0 saturated carbocycles. The van der Waals surface area contributed by atoms with Crippen LogP contribution in [0, 0.1) is 6.92 Å². The molecular formula is C27H23N3O3S. The number of aromatic nitrogens is 1. The number of aryl methyl sites for hydroxylation is 1. The molecule has 0 aliphatic rings. The predicted octanol–water partition coefficient (Wildman–Crippen LogP) is 6.11. The molecule has 0 radical (unpaired) electrons. The van der Waals surface area contributed by atoms with Gasteiger partial charge in [-0.1, -0.05) is 71.9 Å². The molecule has 2 amide bonds. The Bertz CT molecular complexity index is 1290. The summed E-state index contributed by atoms with van der Waals surface area (Å²) in [5.74, 6) is 0.536. The van der Waals surface area contributed by atoms with E-state index in [4.69, 9.17) is 4.52 Å². The van der Waals surface area contributed by atoms with Crippen LogP contribution in [0.5, 0.6) is 0 Å². The largest absolute Gasteiger partial charge is 0.360 e. The number of benzene rings is 3. The van der Waals surface area contributed by atoms with Gasteiger partial charge in [-0.25, -0.2) is 0 Å². The van der Waals surface area contributed by atoms with E-state index in [0.717, 1.165) is 16.0 Å². The van der Waals surface area contributed by atoms with Gasteiger partial charge in [-0.15, -0.1) is 11.8 Å². The number of carbonyl (C=O) groups excluding carboxylic acids is 2. The first-order chi connectivity index (χ1) is 16.6. The van der Waals surface area contributed by atoms with Crippen molar-refractivity contribution in [1.29, 1.82) is 0 Å². The molecule has 1 aromatic heterocycles. The summed E-state index contributed by atoms with van der Waals surface area (Å²) < 4.78 is 5.05. The van der Waals surface area contributed by atoms with Gasteiger partial charge in [-0.2, -0.15) is 0 Å². The molecular weight excluding hydrogens is 446 g/mol. The number of rotatable bonds is 8. The van der Waals surface area contributed by atoms with Crippen LogP contribution in [0.4, 0.5) is 11.5 Å². The minimum absolute atomic E-state index is 0.218. The fraction of sp³-hybridized carbons (Fsp3) is 0.0741. The standard InChI is InChI=1S/C27H23N3O3S/c1-19-17-24(30-33-19)29-27(32)26(21-11-6-3-7-12-21)34-23-14-8-13-22(18-23)28-25(31)16-15-20-9-4-2-5-10-20/h2-18,26H,1H3,(H,28,31)(H,29,30,32)/b16-15+. The quantitative estimate of drug-likeness (QED) is 0.240. The number of thioether (sulfide) groups is 1. The maximum absolute atomic E-state index is 13.1. The zero-order chi connectivity index (χ0) is 23.8. The van der Waals surface area contributed by atoms with Crippen LogP contribution >= 0.6 is 11.8 Å². The molecule has 2 N–H and O–H groups in total. The fourth-order valence-corrected chi connectivity index (χ4v) is 4.30. The van der Waals surface area contributed by atoms with Crippen molar-refractivity contribution in [3.8, 4) is 0 Å². The Labute approximate surface area is 202 Å². The summed E-state index contributed by atoms with van der Waals surface area (Å²) in [6.45, 7) is 1.76. The van der Waals surface area contributed by atoms with E-state index < -0.39 is 5.25 Å². The Hall–Kier alpha value is -4.10. The van der Waals surface area contributed by atoms with Crippen molar-refractivity contribution in [1.82, 2.24) is 5.16 Å². The summed E-state index contributed by atoms with van der Waals surface area (Å²) in [6.07, 6.45) is 3.25. The van der Waals surface area contributed by atoms with Gasteiger partial charge in [0, 0.05) is 22.7 Å². The number of anilines is 2. The van der Waals surface area contributed by atoms with Gasteiger partial charge in [0.1, 0.15) is 11.0 Å². The summed E-state index contributed by atoms with van der Waals surface area (Å²) in [5, 5.41) is 9.02. The van der Waals surface area contributed by atoms with Gasteiger partial charge in [0.2, 0.25) is 11.8 Å². The maximum atomic E-state index is 13.1. The van der Waals surface area contributed by atoms with E-state index >= 15 is 0 Å². The van der Waals surface area contributed by atoms with E-state index in [2.05, 4.69) is 15.8 Å². The monoisotopic (exact) mass is 469 g/mol. The van der Waals surface area contributed by atoms with Gasteiger partial charge in [0.25, 0.3) is 0 Å². The zero-order valence-electron chi connectivity index (χ0n) is 18.5. The van der Waals surface area contributed by atoms with Crippen LogP contribution < -0.4 is 10.6 Å². The normalized spacial score (nSPS) is 11.8. The molecule has 3 aromatic carbocycles. The van der Waals surface area contributed by atoms with E-state index in [1.807, 2.05) is 84.9 Å². The van der Waals surface area contributed by atoms with Crippen LogP contribution in [0.15, 0.2) is 106 Å². The zero-order valence-corrected chi connectivity index (χ0v) is 19.3. The minimum Gasteiger partial charge on any atom is -0.360 e. The topological polar surface area (TPSA) is 84.2 Å². The summed E-state index contributed by atoms with van der Waals surface area (Å²) in [4.78, 5) is 26.3. The van der Waals surface area contributed by atoms with Crippen molar-refractivity contribution in [3.63, 3.8) is 0 Å². The molecule has 0 saturated heterocycles. The number of carbonyl (C=O) groups is 2. The van der Waals surface area contributed by atoms with E-state index in [-0.39, 0.29) is 11.8 Å². The van der Waals surface area contributed by atoms with Crippen molar-refractivity contribution in [3.05, 3.63) is 114 Å². The first-order valence-electron chi connectivity index (χ1n) is 10.7. The number of hydrogen-bond acceptors (Lipinski definition) is 5. The molecule has 0 aliphatic heterocycles. The summed E-state index contributed by atoms with van der Waals surface area (Å²) in [5.41, 5.74) is 2.44. The second-order valence-corrected chi connectivity index (χ2v) is 8.66. The van der Waals surface area contributed by atoms with Crippen LogP contribution in [0.2, 0.25) is 0 Å². The highest BCUT2D eigenvalue weighted by molar-refractivity contribution is 8.00. The fourth-order valence-electron chi connectivity index (χ4n) is 3.22. The molecule has 4 rings (SSSR count). The van der Waals surface area contributed by atoms with E-state index in [1.54, 1.807) is 19.1 Å². The highest BCUT2D eigenvalue weighted by atomic mass is 32.2. The van der Waals surface area contributed by atoms with E-state index in [1.165, 1.54) is 17.8 Å². The van der Waals surface area contributed by atoms with Crippen LogP contribution in [-0.4, -0.2) is 17.0 Å². The lowest BCUT2D eigenvalue weighted by Crippen LogP contribution is -2.19. The number of amides is 2. The molecule has 0 aliphatic carbocycles. The highest BCUT2D eigenvalue weighted by Crippen LogP contribution is 2.37. The Morgan fingerprint density at radius 1 is 0.912 bits per heavy atom. The molecule has 4 aromatic rings. The summed E-state index contributed by atoms with van der Waals surface area (Å²) >= 11 is 1.39. The molecule has 1 atom stereocenters. The lowest BCUT2D eigenvalue weighted by molar-refractivity contribution is -0.116. The van der Waals surface area contributed by atoms with Crippen LogP contribution in [0.3, 0.4) is 0 Å². The third-order valence-corrected chi connectivity index (χ3v) is 6.05. The van der Waals surface area contributed by atoms with Crippen LogP contribution in [0.1, 0.15) is 22.1 Å². The predicted molar refractivity (Wildman–Crippen MR) is 135 cm³/mol. The molecule has 0 fully saturated rings. The Morgan fingerprint density at radius 2 is 1.65 bits per heavy atom. The van der Waals surface area contributed by atoms with Crippen LogP contribution in [0.25, 0.3) is 6.08 Å². The molecule has 34 heavy (non-hydrogen) atoms. The highest BCUT2D eigenvalue weighted by Gasteiger charge is 2.23. The summed E-state index contributed by atoms with van der Waals surface area (Å²) in [7, 11) is 0. The second-order valence-electron chi connectivity index (χ2n) is 7.48. The second kappa shape index (κ2) is 11.2. The van der Waals surface area contributed by atoms with Gasteiger partial charge in [0.05, 0.1) is 0 Å². The first-order valence-corrected chi connectivity index (χ1v) is 11.5. The van der Waals surface area contributed by atoms with Gasteiger partial charge < -0.3 is 15.2 Å². The van der Waals surface area contributed by atoms with Gasteiger partial charge in [-0.05, 0) is 42.3 Å².